The van der Waals surface area contributed by atoms with Crippen molar-refractivity contribution in [3.05, 3.63) is 68.4 Å². The Labute approximate surface area is 124 Å². The monoisotopic (exact) mass is 340 g/mol. The van der Waals surface area contributed by atoms with Crippen LogP contribution in [0, 0.1) is 12.7 Å². The molecule has 0 aromatic heterocycles. The first-order chi connectivity index (χ1) is 9.00. The highest BCUT2D eigenvalue weighted by molar-refractivity contribution is 9.10. The Kier molecular flexibility index (Phi) is 4.38. The van der Waals surface area contributed by atoms with Crippen LogP contribution >= 0.6 is 27.5 Å². The second-order valence-electron chi connectivity index (χ2n) is 4.24. The van der Waals surface area contributed by atoms with E-state index in [-0.39, 0.29) is 22.8 Å². The number of aryl methyl sites for hydroxylation is 1. The Morgan fingerprint density at radius 2 is 1.95 bits per heavy atom. The Balaban J connectivity index is 2.34. The van der Waals surface area contributed by atoms with Crippen LogP contribution in [-0.2, 0) is 6.42 Å². The number of Topliss-reactive ketones (excluding diaryl/α,β-unsaturated/α-hetero) is 1. The molecule has 0 amide bonds. The highest BCUT2D eigenvalue weighted by Gasteiger charge is 2.16. The standard InChI is InChI=1S/C15H11BrClFO/c1-9-4-2-5-10(15(9)16)14(19)8-11-12(17)6-3-7-13(11)18/h2-7H,8H2,1H3. The molecule has 19 heavy (non-hydrogen) atoms. The molecular weight excluding hydrogens is 331 g/mol. The van der Waals surface area contributed by atoms with Gasteiger partial charge in [0.15, 0.2) is 5.78 Å². The minimum absolute atomic E-state index is 0.0481. The molecule has 0 spiro atoms. The summed E-state index contributed by atoms with van der Waals surface area (Å²) in [4.78, 5) is 12.2. The van der Waals surface area contributed by atoms with Crippen LogP contribution in [0.15, 0.2) is 40.9 Å². The van der Waals surface area contributed by atoms with Crippen LogP contribution < -0.4 is 0 Å². The summed E-state index contributed by atoms with van der Waals surface area (Å²) in [5, 5.41) is 0.275. The Morgan fingerprint density at radius 3 is 2.63 bits per heavy atom. The lowest BCUT2D eigenvalue weighted by molar-refractivity contribution is 0.0991. The van der Waals surface area contributed by atoms with Gasteiger partial charge in [-0.05, 0) is 40.5 Å². The molecule has 0 aliphatic rings. The topological polar surface area (TPSA) is 17.1 Å². The van der Waals surface area contributed by atoms with E-state index in [1.165, 1.54) is 12.1 Å². The third-order valence-electron chi connectivity index (χ3n) is 2.89. The van der Waals surface area contributed by atoms with E-state index in [0.29, 0.717) is 5.56 Å². The first-order valence-electron chi connectivity index (χ1n) is 5.72. The van der Waals surface area contributed by atoms with Crippen molar-refractivity contribution < 1.29 is 9.18 Å². The summed E-state index contributed by atoms with van der Waals surface area (Å²) < 4.78 is 14.4. The van der Waals surface area contributed by atoms with Gasteiger partial charge in [-0.2, -0.15) is 0 Å². The summed E-state index contributed by atoms with van der Waals surface area (Å²) in [6.45, 7) is 1.90. The number of benzene rings is 2. The average Bonchev–Trinajstić information content (AvgIpc) is 2.37. The van der Waals surface area contributed by atoms with E-state index in [9.17, 15) is 9.18 Å². The van der Waals surface area contributed by atoms with Gasteiger partial charge in [-0.25, -0.2) is 4.39 Å². The summed E-state index contributed by atoms with van der Waals surface area (Å²) in [7, 11) is 0. The molecule has 0 atom stereocenters. The van der Waals surface area contributed by atoms with Crippen molar-refractivity contribution in [1.29, 1.82) is 0 Å². The van der Waals surface area contributed by atoms with Crippen molar-refractivity contribution in [2.24, 2.45) is 0 Å². The maximum absolute atomic E-state index is 13.7. The third kappa shape index (κ3) is 3.04. The molecule has 0 aliphatic heterocycles. The van der Waals surface area contributed by atoms with Crippen LogP contribution in [0.4, 0.5) is 4.39 Å². The van der Waals surface area contributed by atoms with Gasteiger partial charge in [0.2, 0.25) is 0 Å². The summed E-state index contributed by atoms with van der Waals surface area (Å²) in [6, 6.07) is 9.83. The molecule has 0 fully saturated rings. The molecule has 4 heteroatoms. The summed E-state index contributed by atoms with van der Waals surface area (Å²) in [5.74, 6) is -0.618. The fourth-order valence-electron chi connectivity index (χ4n) is 1.82. The molecule has 2 aromatic carbocycles. The van der Waals surface area contributed by atoms with Gasteiger partial charge in [-0.3, -0.25) is 4.79 Å². The maximum Gasteiger partial charge on any atom is 0.168 e. The quantitative estimate of drug-likeness (QED) is 0.720. The number of carbonyl (C=O) groups is 1. The van der Waals surface area contributed by atoms with Gasteiger partial charge >= 0.3 is 0 Å². The first kappa shape index (κ1) is 14.2. The zero-order valence-corrected chi connectivity index (χ0v) is 12.6. The van der Waals surface area contributed by atoms with Crippen LogP contribution in [0.25, 0.3) is 0 Å². The highest BCUT2D eigenvalue weighted by atomic mass is 79.9. The van der Waals surface area contributed by atoms with Crippen molar-refractivity contribution in [2.75, 3.05) is 0 Å². The van der Waals surface area contributed by atoms with Crippen molar-refractivity contribution in [1.82, 2.24) is 0 Å². The van der Waals surface area contributed by atoms with Crippen molar-refractivity contribution in [3.63, 3.8) is 0 Å². The SMILES string of the molecule is Cc1cccc(C(=O)Cc2c(F)cccc2Cl)c1Br. The van der Waals surface area contributed by atoms with Gasteiger partial charge in [0, 0.05) is 27.0 Å². The van der Waals surface area contributed by atoms with Gasteiger partial charge in [-0.15, -0.1) is 0 Å². The lowest BCUT2D eigenvalue weighted by Gasteiger charge is -2.08. The highest BCUT2D eigenvalue weighted by Crippen LogP contribution is 2.25. The Hall–Kier alpha value is -1.19. The molecule has 0 unspecified atom stereocenters. The predicted octanol–water partition coefficient (Wildman–Crippen LogP) is 4.98. The van der Waals surface area contributed by atoms with Gasteiger partial charge in [0.25, 0.3) is 0 Å². The number of carbonyl (C=O) groups excluding carboxylic acids is 1. The minimum Gasteiger partial charge on any atom is -0.294 e. The molecule has 0 aliphatic carbocycles. The molecule has 1 nitrogen and oxygen atoms in total. The molecular formula is C15H11BrClFO. The summed E-state index contributed by atoms with van der Waals surface area (Å²) >= 11 is 9.31. The zero-order chi connectivity index (χ0) is 14.0. The average molecular weight is 342 g/mol. The molecule has 0 bridgehead atoms. The Morgan fingerprint density at radius 1 is 1.26 bits per heavy atom. The lowest BCUT2D eigenvalue weighted by Crippen LogP contribution is -2.07. The van der Waals surface area contributed by atoms with Crippen molar-refractivity contribution in [2.45, 2.75) is 13.3 Å². The Bertz CT molecular complexity index is 620. The van der Waals surface area contributed by atoms with Gasteiger partial charge < -0.3 is 0 Å². The fourth-order valence-corrected chi connectivity index (χ4v) is 2.54. The molecule has 2 aromatic rings. The molecule has 0 N–H and O–H groups in total. The van der Waals surface area contributed by atoms with Crippen LogP contribution in [0.1, 0.15) is 21.5 Å². The second-order valence-corrected chi connectivity index (χ2v) is 5.44. The molecule has 0 saturated heterocycles. The first-order valence-corrected chi connectivity index (χ1v) is 6.89. The van der Waals surface area contributed by atoms with Gasteiger partial charge in [-0.1, -0.05) is 35.9 Å². The molecule has 0 heterocycles. The molecule has 0 radical (unpaired) electrons. The number of ketones is 1. The van der Waals surface area contributed by atoms with E-state index in [1.807, 2.05) is 13.0 Å². The molecule has 0 saturated carbocycles. The largest absolute Gasteiger partial charge is 0.294 e. The van der Waals surface area contributed by atoms with E-state index < -0.39 is 5.82 Å². The number of hydrogen-bond donors (Lipinski definition) is 0. The number of rotatable bonds is 3. The van der Waals surface area contributed by atoms with E-state index >= 15 is 0 Å². The van der Waals surface area contributed by atoms with E-state index in [4.69, 9.17) is 11.6 Å². The second kappa shape index (κ2) is 5.85. The molecule has 98 valence electrons. The van der Waals surface area contributed by atoms with Crippen LogP contribution in [0.5, 0.6) is 0 Å². The van der Waals surface area contributed by atoms with Gasteiger partial charge in [0.05, 0.1) is 0 Å². The minimum atomic E-state index is -0.454. The normalized spacial score (nSPS) is 10.5. The van der Waals surface area contributed by atoms with Crippen molar-refractivity contribution in [3.8, 4) is 0 Å². The van der Waals surface area contributed by atoms with Crippen LogP contribution in [0.3, 0.4) is 0 Å². The van der Waals surface area contributed by atoms with Crippen LogP contribution in [0.2, 0.25) is 5.02 Å². The van der Waals surface area contributed by atoms with Crippen molar-refractivity contribution >= 4 is 33.3 Å². The van der Waals surface area contributed by atoms with Crippen LogP contribution in [-0.4, -0.2) is 5.78 Å². The number of hydrogen-bond acceptors (Lipinski definition) is 1. The maximum atomic E-state index is 13.7. The summed E-state index contributed by atoms with van der Waals surface area (Å²) in [6.07, 6.45) is -0.0481. The smallest absolute Gasteiger partial charge is 0.168 e. The van der Waals surface area contributed by atoms with E-state index in [1.54, 1.807) is 18.2 Å². The fraction of sp³-hybridized carbons (Fsp3) is 0.133. The van der Waals surface area contributed by atoms with E-state index in [2.05, 4.69) is 15.9 Å². The lowest BCUT2D eigenvalue weighted by atomic mass is 10.0. The predicted molar refractivity (Wildman–Crippen MR) is 78.3 cm³/mol. The number of halogens is 3. The van der Waals surface area contributed by atoms with Gasteiger partial charge in [0.1, 0.15) is 5.82 Å². The third-order valence-corrected chi connectivity index (χ3v) is 4.30. The summed E-state index contributed by atoms with van der Waals surface area (Å²) in [5.41, 5.74) is 1.74. The van der Waals surface area contributed by atoms with E-state index in [0.717, 1.165) is 10.0 Å². The molecule has 2 rings (SSSR count). The zero-order valence-electron chi connectivity index (χ0n) is 10.2.